The zero-order chi connectivity index (χ0) is 14.9. The number of benzene rings is 2. The van der Waals surface area contributed by atoms with E-state index in [1.807, 2.05) is 42.5 Å². The first-order valence-electron chi connectivity index (χ1n) is 7.38. The van der Waals surface area contributed by atoms with Gasteiger partial charge in [0.1, 0.15) is 18.1 Å². The zero-order valence-electron chi connectivity index (χ0n) is 12.7. The second-order valence-corrected chi connectivity index (χ2v) is 4.90. The molecule has 1 N–H and O–H groups in total. The van der Waals surface area contributed by atoms with Crippen LogP contribution < -0.4 is 14.8 Å². The maximum absolute atomic E-state index is 5.88. The lowest BCUT2D eigenvalue weighted by Crippen LogP contribution is -2.27. The summed E-state index contributed by atoms with van der Waals surface area (Å²) in [5, 5.41) is 3.53. The Morgan fingerprint density at radius 1 is 0.952 bits per heavy atom. The highest BCUT2D eigenvalue weighted by Gasteiger charge is 2.11. The molecule has 2 aromatic carbocycles. The number of hydrogen-bond donors (Lipinski definition) is 1. The van der Waals surface area contributed by atoms with Gasteiger partial charge in [-0.05, 0) is 42.8 Å². The largest absolute Gasteiger partial charge is 0.497 e. The van der Waals surface area contributed by atoms with Gasteiger partial charge in [-0.3, -0.25) is 0 Å². The first kappa shape index (κ1) is 15.4. The van der Waals surface area contributed by atoms with Crippen molar-refractivity contribution in [2.45, 2.75) is 19.4 Å². The van der Waals surface area contributed by atoms with Gasteiger partial charge in [-0.25, -0.2) is 0 Å². The van der Waals surface area contributed by atoms with Gasteiger partial charge in [0, 0.05) is 0 Å². The Hall–Kier alpha value is -2.00. The SMILES string of the molecule is CCCNC(COc1ccccc1)c1ccc(OC)cc1. The number of methoxy groups -OCH3 is 1. The van der Waals surface area contributed by atoms with E-state index in [1.165, 1.54) is 5.56 Å². The predicted octanol–water partition coefficient (Wildman–Crippen LogP) is 3.81. The van der Waals surface area contributed by atoms with Crippen LogP contribution in [0, 0.1) is 0 Å². The molecule has 0 saturated heterocycles. The molecule has 0 heterocycles. The second kappa shape index (κ2) is 8.32. The Labute approximate surface area is 126 Å². The van der Waals surface area contributed by atoms with Gasteiger partial charge in [0.05, 0.1) is 13.2 Å². The summed E-state index contributed by atoms with van der Waals surface area (Å²) in [4.78, 5) is 0. The molecule has 0 aliphatic heterocycles. The lowest BCUT2D eigenvalue weighted by molar-refractivity contribution is 0.266. The van der Waals surface area contributed by atoms with Crippen LogP contribution in [0.25, 0.3) is 0 Å². The maximum atomic E-state index is 5.88. The third-order valence-corrected chi connectivity index (χ3v) is 3.32. The van der Waals surface area contributed by atoms with E-state index in [4.69, 9.17) is 9.47 Å². The third-order valence-electron chi connectivity index (χ3n) is 3.32. The molecule has 2 aromatic rings. The summed E-state index contributed by atoms with van der Waals surface area (Å²) in [5.74, 6) is 1.77. The summed E-state index contributed by atoms with van der Waals surface area (Å²) in [7, 11) is 1.68. The van der Waals surface area contributed by atoms with Crippen LogP contribution in [-0.2, 0) is 0 Å². The average molecular weight is 285 g/mol. The summed E-state index contributed by atoms with van der Waals surface area (Å²) < 4.78 is 11.1. The number of rotatable bonds is 8. The van der Waals surface area contributed by atoms with Gasteiger partial charge < -0.3 is 14.8 Å². The standard InChI is InChI=1S/C18H23NO2/c1-3-13-19-18(14-21-17-7-5-4-6-8-17)15-9-11-16(20-2)12-10-15/h4-12,18-19H,3,13-14H2,1-2H3. The van der Waals surface area contributed by atoms with Gasteiger partial charge in [0.15, 0.2) is 0 Å². The molecular weight excluding hydrogens is 262 g/mol. The Bertz CT molecular complexity index is 511. The Morgan fingerprint density at radius 3 is 2.29 bits per heavy atom. The molecule has 0 spiro atoms. The Balaban J connectivity index is 2.02. The number of nitrogens with one attached hydrogen (secondary N) is 1. The van der Waals surface area contributed by atoms with Gasteiger partial charge >= 0.3 is 0 Å². The molecule has 1 atom stereocenters. The lowest BCUT2D eigenvalue weighted by Gasteiger charge is -2.20. The highest BCUT2D eigenvalue weighted by atomic mass is 16.5. The topological polar surface area (TPSA) is 30.5 Å². The molecule has 0 amide bonds. The number of ether oxygens (including phenoxy) is 2. The molecular formula is C18H23NO2. The fraction of sp³-hybridized carbons (Fsp3) is 0.333. The molecule has 0 saturated carbocycles. The molecule has 3 heteroatoms. The fourth-order valence-corrected chi connectivity index (χ4v) is 2.12. The molecule has 0 aromatic heterocycles. The van der Waals surface area contributed by atoms with Crippen molar-refractivity contribution in [1.29, 1.82) is 0 Å². The minimum absolute atomic E-state index is 0.177. The summed E-state index contributed by atoms with van der Waals surface area (Å²) in [6, 6.07) is 18.2. The minimum Gasteiger partial charge on any atom is -0.497 e. The van der Waals surface area contributed by atoms with Crippen molar-refractivity contribution in [3.63, 3.8) is 0 Å². The second-order valence-electron chi connectivity index (χ2n) is 4.90. The summed E-state index contributed by atoms with van der Waals surface area (Å²) in [5.41, 5.74) is 1.21. The van der Waals surface area contributed by atoms with E-state index >= 15 is 0 Å². The quantitative estimate of drug-likeness (QED) is 0.800. The highest BCUT2D eigenvalue weighted by Crippen LogP contribution is 2.19. The zero-order valence-corrected chi connectivity index (χ0v) is 12.7. The van der Waals surface area contributed by atoms with Gasteiger partial charge in [0.25, 0.3) is 0 Å². The van der Waals surface area contributed by atoms with E-state index in [0.29, 0.717) is 6.61 Å². The van der Waals surface area contributed by atoms with E-state index in [1.54, 1.807) is 7.11 Å². The van der Waals surface area contributed by atoms with Crippen molar-refractivity contribution < 1.29 is 9.47 Å². The van der Waals surface area contributed by atoms with Gasteiger partial charge in [-0.2, -0.15) is 0 Å². The van der Waals surface area contributed by atoms with Crippen LogP contribution in [0.4, 0.5) is 0 Å². The molecule has 21 heavy (non-hydrogen) atoms. The van der Waals surface area contributed by atoms with E-state index in [-0.39, 0.29) is 6.04 Å². The molecule has 0 aliphatic carbocycles. The monoisotopic (exact) mass is 285 g/mol. The van der Waals surface area contributed by atoms with Gasteiger partial charge in [0.2, 0.25) is 0 Å². The van der Waals surface area contributed by atoms with Crippen molar-refractivity contribution in [1.82, 2.24) is 5.32 Å². The Morgan fingerprint density at radius 2 is 1.67 bits per heavy atom. The van der Waals surface area contributed by atoms with Crippen LogP contribution in [0.1, 0.15) is 24.9 Å². The van der Waals surface area contributed by atoms with Crippen LogP contribution in [0.15, 0.2) is 54.6 Å². The normalized spacial score (nSPS) is 11.9. The summed E-state index contributed by atoms with van der Waals surface area (Å²) >= 11 is 0. The molecule has 0 fully saturated rings. The molecule has 0 radical (unpaired) electrons. The fourth-order valence-electron chi connectivity index (χ4n) is 2.12. The smallest absolute Gasteiger partial charge is 0.119 e. The van der Waals surface area contributed by atoms with Crippen molar-refractivity contribution in [3.05, 3.63) is 60.2 Å². The first-order chi connectivity index (χ1) is 10.3. The summed E-state index contributed by atoms with van der Waals surface area (Å²) in [6.07, 6.45) is 1.10. The average Bonchev–Trinajstić information content (AvgIpc) is 2.56. The van der Waals surface area contributed by atoms with Crippen molar-refractivity contribution in [2.75, 3.05) is 20.3 Å². The predicted molar refractivity (Wildman–Crippen MR) is 86.0 cm³/mol. The van der Waals surface area contributed by atoms with Crippen molar-refractivity contribution >= 4 is 0 Å². The van der Waals surface area contributed by atoms with Crippen LogP contribution in [0.5, 0.6) is 11.5 Å². The summed E-state index contributed by atoms with van der Waals surface area (Å²) in [6.45, 7) is 3.74. The maximum Gasteiger partial charge on any atom is 0.119 e. The molecule has 0 aliphatic rings. The van der Waals surface area contributed by atoms with Crippen LogP contribution in [0.2, 0.25) is 0 Å². The van der Waals surface area contributed by atoms with E-state index in [2.05, 4.69) is 24.4 Å². The third kappa shape index (κ3) is 4.80. The number of para-hydroxylation sites is 1. The van der Waals surface area contributed by atoms with E-state index in [9.17, 15) is 0 Å². The Kier molecular flexibility index (Phi) is 6.10. The highest BCUT2D eigenvalue weighted by molar-refractivity contribution is 5.29. The van der Waals surface area contributed by atoms with Crippen LogP contribution in [0.3, 0.4) is 0 Å². The van der Waals surface area contributed by atoms with Gasteiger partial charge in [-0.1, -0.05) is 37.3 Å². The van der Waals surface area contributed by atoms with E-state index < -0.39 is 0 Å². The lowest BCUT2D eigenvalue weighted by atomic mass is 10.1. The van der Waals surface area contributed by atoms with Crippen molar-refractivity contribution in [3.8, 4) is 11.5 Å². The van der Waals surface area contributed by atoms with Gasteiger partial charge in [-0.15, -0.1) is 0 Å². The van der Waals surface area contributed by atoms with Crippen LogP contribution >= 0.6 is 0 Å². The molecule has 3 nitrogen and oxygen atoms in total. The van der Waals surface area contributed by atoms with E-state index in [0.717, 1.165) is 24.5 Å². The minimum atomic E-state index is 0.177. The molecule has 2 rings (SSSR count). The van der Waals surface area contributed by atoms with Crippen molar-refractivity contribution in [2.24, 2.45) is 0 Å². The molecule has 112 valence electrons. The number of hydrogen-bond acceptors (Lipinski definition) is 3. The first-order valence-corrected chi connectivity index (χ1v) is 7.38. The molecule has 1 unspecified atom stereocenters. The molecule has 0 bridgehead atoms. The van der Waals surface area contributed by atoms with Crippen LogP contribution in [-0.4, -0.2) is 20.3 Å².